The summed E-state index contributed by atoms with van der Waals surface area (Å²) in [6, 6.07) is 18.2. The molecule has 0 bridgehead atoms. The summed E-state index contributed by atoms with van der Waals surface area (Å²) >= 11 is 0. The molecule has 2 rings (SSSR count). The second-order valence-corrected chi connectivity index (χ2v) is 4.22. The van der Waals surface area contributed by atoms with E-state index in [1.54, 1.807) is 7.11 Å². The standard InChI is InChI=1S/C16H18O2/c1-13(17-2)15-8-10-16(11-9-15)18-12-14-6-4-3-5-7-14/h3-11,13H,12H2,1-2H3/t13-/m0/s1. The van der Waals surface area contributed by atoms with Gasteiger partial charge in [-0.1, -0.05) is 42.5 Å². The molecule has 94 valence electrons. The van der Waals surface area contributed by atoms with E-state index < -0.39 is 0 Å². The van der Waals surface area contributed by atoms with Crippen molar-refractivity contribution in [1.29, 1.82) is 0 Å². The summed E-state index contributed by atoms with van der Waals surface area (Å²) in [4.78, 5) is 0. The van der Waals surface area contributed by atoms with E-state index in [9.17, 15) is 0 Å². The number of ether oxygens (including phenoxy) is 2. The Morgan fingerprint density at radius 2 is 1.61 bits per heavy atom. The van der Waals surface area contributed by atoms with E-state index in [1.807, 2.05) is 49.4 Å². The molecule has 2 aromatic carbocycles. The van der Waals surface area contributed by atoms with Crippen molar-refractivity contribution < 1.29 is 9.47 Å². The number of hydrogen-bond acceptors (Lipinski definition) is 2. The largest absolute Gasteiger partial charge is 0.489 e. The minimum absolute atomic E-state index is 0.119. The van der Waals surface area contributed by atoms with Crippen LogP contribution in [0.25, 0.3) is 0 Å². The van der Waals surface area contributed by atoms with Gasteiger partial charge in [0.05, 0.1) is 6.10 Å². The highest BCUT2D eigenvalue weighted by molar-refractivity contribution is 5.28. The predicted octanol–water partition coefficient (Wildman–Crippen LogP) is 3.97. The normalized spacial score (nSPS) is 12.1. The molecule has 2 aromatic rings. The van der Waals surface area contributed by atoms with Gasteiger partial charge in [-0.05, 0) is 30.2 Å². The molecule has 0 N–H and O–H groups in total. The van der Waals surface area contributed by atoms with Crippen LogP contribution in [0.15, 0.2) is 54.6 Å². The maximum absolute atomic E-state index is 5.72. The van der Waals surface area contributed by atoms with E-state index >= 15 is 0 Å². The summed E-state index contributed by atoms with van der Waals surface area (Å²) in [6.45, 7) is 2.62. The molecule has 0 unspecified atom stereocenters. The van der Waals surface area contributed by atoms with Crippen LogP contribution in [0, 0.1) is 0 Å². The van der Waals surface area contributed by atoms with Crippen LogP contribution in [0.4, 0.5) is 0 Å². The van der Waals surface area contributed by atoms with Crippen molar-refractivity contribution in [3.63, 3.8) is 0 Å². The van der Waals surface area contributed by atoms with E-state index in [1.165, 1.54) is 5.56 Å². The molecule has 0 heterocycles. The number of rotatable bonds is 5. The van der Waals surface area contributed by atoms with Crippen molar-refractivity contribution in [3.05, 3.63) is 65.7 Å². The topological polar surface area (TPSA) is 18.5 Å². The Balaban J connectivity index is 1.94. The van der Waals surface area contributed by atoms with E-state index in [-0.39, 0.29) is 6.10 Å². The summed E-state index contributed by atoms with van der Waals surface area (Å²) < 4.78 is 11.0. The van der Waals surface area contributed by atoms with Gasteiger partial charge in [-0.2, -0.15) is 0 Å². The van der Waals surface area contributed by atoms with E-state index in [0.717, 1.165) is 11.3 Å². The average Bonchev–Trinajstić information content (AvgIpc) is 2.46. The fourth-order valence-electron chi connectivity index (χ4n) is 1.71. The van der Waals surface area contributed by atoms with Crippen LogP contribution in [0.1, 0.15) is 24.2 Å². The molecule has 2 heteroatoms. The molecule has 0 aromatic heterocycles. The Morgan fingerprint density at radius 1 is 0.944 bits per heavy atom. The smallest absolute Gasteiger partial charge is 0.119 e. The van der Waals surface area contributed by atoms with Gasteiger partial charge in [0.25, 0.3) is 0 Å². The van der Waals surface area contributed by atoms with E-state index in [0.29, 0.717) is 6.61 Å². The Morgan fingerprint density at radius 3 is 2.22 bits per heavy atom. The first-order valence-electron chi connectivity index (χ1n) is 6.09. The van der Waals surface area contributed by atoms with Gasteiger partial charge in [0.2, 0.25) is 0 Å². The van der Waals surface area contributed by atoms with Gasteiger partial charge in [-0.3, -0.25) is 0 Å². The molecule has 18 heavy (non-hydrogen) atoms. The third kappa shape index (κ3) is 3.34. The first-order valence-corrected chi connectivity index (χ1v) is 6.09. The lowest BCUT2D eigenvalue weighted by molar-refractivity contribution is 0.119. The molecule has 0 saturated heterocycles. The molecule has 1 atom stereocenters. The quantitative estimate of drug-likeness (QED) is 0.789. The highest BCUT2D eigenvalue weighted by Crippen LogP contribution is 2.20. The first kappa shape index (κ1) is 12.7. The maximum Gasteiger partial charge on any atom is 0.119 e. The van der Waals surface area contributed by atoms with Gasteiger partial charge >= 0.3 is 0 Å². The Kier molecular flexibility index (Phi) is 4.37. The zero-order valence-electron chi connectivity index (χ0n) is 10.8. The van der Waals surface area contributed by atoms with Gasteiger partial charge in [0.1, 0.15) is 12.4 Å². The Bertz CT molecular complexity index is 462. The van der Waals surface area contributed by atoms with Gasteiger partial charge in [-0.25, -0.2) is 0 Å². The van der Waals surface area contributed by atoms with Gasteiger partial charge in [0, 0.05) is 7.11 Å². The van der Waals surface area contributed by atoms with Crippen molar-refractivity contribution >= 4 is 0 Å². The third-order valence-electron chi connectivity index (χ3n) is 2.95. The lowest BCUT2D eigenvalue weighted by Crippen LogP contribution is -1.97. The molecule has 2 nitrogen and oxygen atoms in total. The fourth-order valence-corrected chi connectivity index (χ4v) is 1.71. The summed E-state index contributed by atoms with van der Waals surface area (Å²) in [5.74, 6) is 0.880. The van der Waals surface area contributed by atoms with Gasteiger partial charge in [0.15, 0.2) is 0 Å². The van der Waals surface area contributed by atoms with E-state index in [2.05, 4.69) is 12.1 Å². The fraction of sp³-hybridized carbons (Fsp3) is 0.250. The molecule has 0 amide bonds. The predicted molar refractivity (Wildman–Crippen MR) is 72.6 cm³/mol. The molecular formula is C16H18O2. The van der Waals surface area contributed by atoms with Crippen molar-refractivity contribution in [1.82, 2.24) is 0 Å². The lowest BCUT2D eigenvalue weighted by Gasteiger charge is -2.11. The summed E-state index contributed by atoms with van der Waals surface area (Å²) in [7, 11) is 1.71. The second-order valence-electron chi connectivity index (χ2n) is 4.22. The SMILES string of the molecule is CO[C@@H](C)c1ccc(OCc2ccccc2)cc1. The van der Waals surface area contributed by atoms with Gasteiger partial charge < -0.3 is 9.47 Å². The van der Waals surface area contributed by atoms with Crippen molar-refractivity contribution in [2.24, 2.45) is 0 Å². The minimum Gasteiger partial charge on any atom is -0.489 e. The molecule has 0 radical (unpaired) electrons. The van der Waals surface area contributed by atoms with Crippen LogP contribution >= 0.6 is 0 Å². The Hall–Kier alpha value is -1.80. The highest BCUT2D eigenvalue weighted by atomic mass is 16.5. The number of hydrogen-bond donors (Lipinski definition) is 0. The van der Waals surface area contributed by atoms with Crippen molar-refractivity contribution in [3.8, 4) is 5.75 Å². The molecule has 0 spiro atoms. The van der Waals surface area contributed by atoms with Gasteiger partial charge in [-0.15, -0.1) is 0 Å². The van der Waals surface area contributed by atoms with Crippen LogP contribution < -0.4 is 4.74 Å². The zero-order chi connectivity index (χ0) is 12.8. The van der Waals surface area contributed by atoms with Crippen molar-refractivity contribution in [2.45, 2.75) is 19.6 Å². The summed E-state index contributed by atoms with van der Waals surface area (Å²) in [5.41, 5.74) is 2.33. The summed E-state index contributed by atoms with van der Waals surface area (Å²) in [5, 5.41) is 0. The second kappa shape index (κ2) is 6.22. The number of methoxy groups -OCH3 is 1. The van der Waals surface area contributed by atoms with Crippen LogP contribution in [-0.4, -0.2) is 7.11 Å². The van der Waals surface area contributed by atoms with Crippen LogP contribution in [0.2, 0.25) is 0 Å². The third-order valence-corrected chi connectivity index (χ3v) is 2.95. The van der Waals surface area contributed by atoms with Crippen LogP contribution in [0.3, 0.4) is 0 Å². The maximum atomic E-state index is 5.72. The summed E-state index contributed by atoms with van der Waals surface area (Å²) in [6.07, 6.45) is 0.119. The molecule has 0 aliphatic carbocycles. The van der Waals surface area contributed by atoms with Crippen LogP contribution in [-0.2, 0) is 11.3 Å². The average molecular weight is 242 g/mol. The Labute approximate surface area is 108 Å². The number of benzene rings is 2. The zero-order valence-corrected chi connectivity index (χ0v) is 10.8. The monoisotopic (exact) mass is 242 g/mol. The molecule has 0 fully saturated rings. The molecule has 0 saturated carbocycles. The molecule has 0 aliphatic heterocycles. The minimum atomic E-state index is 0.119. The molecular weight excluding hydrogens is 224 g/mol. The highest BCUT2D eigenvalue weighted by Gasteiger charge is 2.03. The first-order chi connectivity index (χ1) is 8.79. The lowest BCUT2D eigenvalue weighted by atomic mass is 10.1. The van der Waals surface area contributed by atoms with Crippen molar-refractivity contribution in [2.75, 3.05) is 7.11 Å². The van der Waals surface area contributed by atoms with Crippen LogP contribution in [0.5, 0.6) is 5.75 Å². The van der Waals surface area contributed by atoms with E-state index in [4.69, 9.17) is 9.47 Å². The molecule has 0 aliphatic rings.